The van der Waals surface area contributed by atoms with Gasteiger partial charge in [0.1, 0.15) is 5.65 Å². The molecular formula is C28H31N7O2. The van der Waals surface area contributed by atoms with Gasteiger partial charge in [0.15, 0.2) is 0 Å². The summed E-state index contributed by atoms with van der Waals surface area (Å²) < 4.78 is 48.3. The smallest absolute Gasteiger partial charge is 0.273 e. The Labute approximate surface area is 223 Å². The van der Waals surface area contributed by atoms with Crippen LogP contribution in [0, 0.1) is 0 Å². The molecule has 0 fully saturated rings. The van der Waals surface area contributed by atoms with Gasteiger partial charge in [-0.05, 0) is 48.7 Å². The minimum atomic E-state index is -3.10. The first kappa shape index (κ1) is 18.1. The van der Waals surface area contributed by atoms with Gasteiger partial charge in [0.25, 0.3) is 11.5 Å². The standard InChI is InChI=1S/C28H31N7O2/c1-18(34-13-10-20(11-14-34)19-5-7-21(8-6-19)28(37)32(2)3)25-16-23-24(9-12-30-27(23)33(25)4)35-26(36)15-22(29)17-31-35/h5-10,12,15-18H,11,13-14,29H2,1-4H3/t18-/m0/s1/i2D3,3D3. The van der Waals surface area contributed by atoms with Gasteiger partial charge in [0.05, 0.1) is 17.6 Å². The van der Waals surface area contributed by atoms with Gasteiger partial charge in [-0.25, -0.2) is 4.98 Å². The molecule has 0 saturated heterocycles. The molecule has 37 heavy (non-hydrogen) atoms. The van der Waals surface area contributed by atoms with Crippen LogP contribution in [0.1, 0.15) is 49.2 Å². The van der Waals surface area contributed by atoms with E-state index in [0.717, 1.165) is 40.8 Å². The summed E-state index contributed by atoms with van der Waals surface area (Å²) in [4.78, 5) is 32.2. The van der Waals surface area contributed by atoms with E-state index in [1.807, 2.05) is 17.7 Å². The zero-order chi connectivity index (χ0) is 31.3. The van der Waals surface area contributed by atoms with E-state index >= 15 is 0 Å². The van der Waals surface area contributed by atoms with Gasteiger partial charge < -0.3 is 15.2 Å². The van der Waals surface area contributed by atoms with E-state index in [-0.39, 0.29) is 22.1 Å². The number of rotatable bonds is 5. The molecule has 4 heterocycles. The number of carbonyl (C=O) groups excluding carboxylic acids is 1. The molecule has 1 amide bonds. The Kier molecular flexibility index (Phi) is 4.72. The normalized spacial score (nSPS) is 18.1. The van der Waals surface area contributed by atoms with Crippen molar-refractivity contribution >= 4 is 28.2 Å². The van der Waals surface area contributed by atoms with E-state index < -0.39 is 19.9 Å². The predicted molar refractivity (Wildman–Crippen MR) is 146 cm³/mol. The molecule has 0 spiro atoms. The van der Waals surface area contributed by atoms with Crippen molar-refractivity contribution in [2.75, 3.05) is 32.8 Å². The number of pyridine rings is 1. The lowest BCUT2D eigenvalue weighted by Crippen LogP contribution is -2.32. The fourth-order valence-electron chi connectivity index (χ4n) is 4.86. The van der Waals surface area contributed by atoms with E-state index in [1.54, 1.807) is 24.4 Å². The van der Waals surface area contributed by atoms with Crippen molar-refractivity contribution in [2.24, 2.45) is 7.05 Å². The first-order chi connectivity index (χ1) is 20.2. The van der Waals surface area contributed by atoms with E-state index in [4.69, 9.17) is 14.0 Å². The zero-order valence-electron chi connectivity index (χ0n) is 26.5. The highest BCUT2D eigenvalue weighted by molar-refractivity contribution is 5.94. The number of fused-ring (bicyclic) bond motifs is 1. The minimum absolute atomic E-state index is 0.0113. The molecule has 3 aromatic heterocycles. The Morgan fingerprint density at radius 1 is 1.19 bits per heavy atom. The quantitative estimate of drug-likeness (QED) is 0.449. The summed E-state index contributed by atoms with van der Waals surface area (Å²) in [6, 6.07) is 11.5. The molecule has 9 heteroatoms. The van der Waals surface area contributed by atoms with Crippen molar-refractivity contribution < 1.29 is 13.0 Å². The van der Waals surface area contributed by atoms with Crippen molar-refractivity contribution in [3.8, 4) is 5.69 Å². The summed E-state index contributed by atoms with van der Waals surface area (Å²) >= 11 is 0. The second kappa shape index (κ2) is 9.67. The number of nitrogen functional groups attached to an aromatic ring is 1. The molecule has 2 N–H and O–H groups in total. The van der Waals surface area contributed by atoms with Gasteiger partial charge in [-0.15, -0.1) is 0 Å². The summed E-state index contributed by atoms with van der Waals surface area (Å²) in [5.41, 5.74) is 9.98. The topological polar surface area (TPSA) is 102 Å². The summed E-state index contributed by atoms with van der Waals surface area (Å²) in [5.74, 6) is -1.08. The fraction of sp³-hybridized carbons (Fsp3) is 0.286. The highest BCUT2D eigenvalue weighted by Crippen LogP contribution is 2.32. The number of aromatic nitrogens is 4. The van der Waals surface area contributed by atoms with Gasteiger partial charge in [0, 0.05) is 77.3 Å². The highest BCUT2D eigenvalue weighted by atomic mass is 16.2. The van der Waals surface area contributed by atoms with Crippen molar-refractivity contribution in [1.29, 1.82) is 0 Å². The molecular weight excluding hydrogens is 466 g/mol. The number of amides is 1. The van der Waals surface area contributed by atoms with Crippen LogP contribution in [0.15, 0.2) is 65.7 Å². The first-order valence-electron chi connectivity index (χ1n) is 14.8. The van der Waals surface area contributed by atoms with Gasteiger partial charge in [0.2, 0.25) is 0 Å². The van der Waals surface area contributed by atoms with Crippen LogP contribution in [0.2, 0.25) is 0 Å². The van der Waals surface area contributed by atoms with Gasteiger partial charge in [-0.2, -0.15) is 9.78 Å². The molecule has 1 aliphatic heterocycles. The number of aryl methyl sites for hydroxylation is 1. The van der Waals surface area contributed by atoms with Crippen LogP contribution in [0.4, 0.5) is 5.69 Å². The van der Waals surface area contributed by atoms with Crippen LogP contribution in [0.25, 0.3) is 22.3 Å². The summed E-state index contributed by atoms with van der Waals surface area (Å²) in [7, 11) is 1.94. The van der Waals surface area contributed by atoms with Crippen LogP contribution >= 0.6 is 0 Å². The lowest BCUT2D eigenvalue weighted by Gasteiger charge is -2.32. The molecule has 1 aliphatic rings. The number of hydrogen-bond acceptors (Lipinski definition) is 6. The average molecular weight is 504 g/mol. The van der Waals surface area contributed by atoms with Gasteiger partial charge in [-0.1, -0.05) is 18.2 Å². The van der Waals surface area contributed by atoms with Crippen molar-refractivity contribution in [1.82, 2.24) is 29.1 Å². The number of carbonyl (C=O) groups is 1. The van der Waals surface area contributed by atoms with Crippen LogP contribution in [0.5, 0.6) is 0 Å². The monoisotopic (exact) mass is 503 g/mol. The molecule has 0 unspecified atom stereocenters. The maximum atomic E-state index is 12.8. The first-order valence-corrected chi connectivity index (χ1v) is 11.8. The Hall–Kier alpha value is -4.24. The summed E-state index contributed by atoms with van der Waals surface area (Å²) in [5, 5.41) is 5.00. The number of benzene rings is 1. The Bertz CT molecular complexity index is 1760. The van der Waals surface area contributed by atoms with E-state index in [0.29, 0.717) is 17.9 Å². The third kappa shape index (κ3) is 4.53. The lowest BCUT2D eigenvalue weighted by atomic mass is 9.97. The maximum Gasteiger partial charge on any atom is 0.273 e. The molecule has 1 atom stereocenters. The van der Waals surface area contributed by atoms with Crippen molar-refractivity contribution in [3.63, 3.8) is 0 Å². The Balaban J connectivity index is 1.35. The summed E-state index contributed by atoms with van der Waals surface area (Å²) in [6.07, 6.45) is 5.92. The molecule has 0 bridgehead atoms. The second-order valence-corrected chi connectivity index (χ2v) is 9.10. The van der Waals surface area contributed by atoms with E-state index in [1.165, 1.54) is 29.1 Å². The number of hydrogen-bond donors (Lipinski definition) is 1. The number of nitrogens with zero attached hydrogens (tertiary/aromatic N) is 6. The van der Waals surface area contributed by atoms with Crippen LogP contribution in [0.3, 0.4) is 0 Å². The second-order valence-electron chi connectivity index (χ2n) is 9.10. The molecule has 9 nitrogen and oxygen atoms in total. The molecule has 0 radical (unpaired) electrons. The third-order valence-corrected chi connectivity index (χ3v) is 6.91. The third-order valence-electron chi connectivity index (χ3n) is 6.91. The van der Waals surface area contributed by atoms with E-state index in [2.05, 4.69) is 28.0 Å². The van der Waals surface area contributed by atoms with Crippen LogP contribution in [-0.4, -0.2) is 62.1 Å². The van der Waals surface area contributed by atoms with Crippen molar-refractivity contribution in [3.05, 3.63) is 88.1 Å². The highest BCUT2D eigenvalue weighted by Gasteiger charge is 2.24. The fourth-order valence-corrected chi connectivity index (χ4v) is 4.86. The zero-order valence-corrected chi connectivity index (χ0v) is 20.5. The molecule has 4 aromatic rings. The molecule has 0 aliphatic carbocycles. The Morgan fingerprint density at radius 3 is 2.65 bits per heavy atom. The van der Waals surface area contributed by atoms with Crippen LogP contribution in [-0.2, 0) is 7.05 Å². The number of anilines is 1. The summed E-state index contributed by atoms with van der Waals surface area (Å²) in [6.45, 7) is -2.67. The number of nitrogens with two attached hydrogens (primary N) is 1. The predicted octanol–water partition coefficient (Wildman–Crippen LogP) is 3.25. The maximum absolute atomic E-state index is 12.8. The molecule has 0 saturated carbocycles. The average Bonchev–Trinajstić information content (AvgIpc) is 3.28. The lowest BCUT2D eigenvalue weighted by molar-refractivity contribution is 0.0827. The van der Waals surface area contributed by atoms with Crippen LogP contribution < -0.4 is 11.3 Å². The largest absolute Gasteiger partial charge is 0.397 e. The van der Waals surface area contributed by atoms with Gasteiger partial charge >= 0.3 is 0 Å². The van der Waals surface area contributed by atoms with E-state index in [9.17, 15) is 9.59 Å². The minimum Gasteiger partial charge on any atom is -0.397 e. The van der Waals surface area contributed by atoms with Gasteiger partial charge in [-0.3, -0.25) is 14.5 Å². The Morgan fingerprint density at radius 2 is 1.97 bits per heavy atom. The molecule has 5 rings (SSSR count). The molecule has 1 aromatic carbocycles. The molecule has 190 valence electrons. The SMILES string of the molecule is [2H]C([2H])([2H])N(C(=O)c1ccc(C2=CCN([C@@H](C)c3cc4c(-n5ncc(N)cc5=O)ccnc4n3C)CC2)cc1)C([2H])([2H])[2H]. The van der Waals surface area contributed by atoms with Crippen molar-refractivity contribution in [2.45, 2.75) is 19.4 Å².